The van der Waals surface area contributed by atoms with Crippen molar-refractivity contribution in [3.63, 3.8) is 0 Å². The monoisotopic (exact) mass is 326 g/mol. The van der Waals surface area contributed by atoms with E-state index in [0.717, 1.165) is 12.1 Å². The molecule has 0 bridgehead atoms. The minimum Gasteiger partial charge on any atom is -0.207 e. The third-order valence-corrected chi connectivity index (χ3v) is 4.39. The predicted molar refractivity (Wildman–Crippen MR) is 66.5 cm³/mol. The normalized spacial score (nSPS) is 12.4. The van der Waals surface area contributed by atoms with Gasteiger partial charge in [0.05, 0.1) is 11.0 Å². The standard InChI is InChI=1S/C11H10ClF3N2O2S/c12-9-2-4-10(5-3-9)20(18,19)17(7-1-6-16)8-11(13,14)15/h2-5H,1,7-8H2. The fourth-order valence-electron chi connectivity index (χ4n) is 1.41. The second kappa shape index (κ2) is 6.43. The SMILES string of the molecule is N#CCCN(CC(F)(F)F)S(=O)(=O)c1ccc(Cl)cc1. The summed E-state index contributed by atoms with van der Waals surface area (Å²) in [6.45, 7) is -2.17. The molecule has 0 aromatic heterocycles. The molecule has 4 nitrogen and oxygen atoms in total. The van der Waals surface area contributed by atoms with Crippen molar-refractivity contribution < 1.29 is 21.6 Å². The Labute approximate surface area is 119 Å². The van der Waals surface area contributed by atoms with E-state index in [1.807, 2.05) is 0 Å². The van der Waals surface area contributed by atoms with Gasteiger partial charge in [-0.3, -0.25) is 0 Å². The van der Waals surface area contributed by atoms with E-state index in [1.54, 1.807) is 6.07 Å². The van der Waals surface area contributed by atoms with Crippen LogP contribution in [0.3, 0.4) is 0 Å². The molecule has 0 amide bonds. The Morgan fingerprint density at radius 2 is 1.80 bits per heavy atom. The summed E-state index contributed by atoms with van der Waals surface area (Å²) in [5, 5.41) is 8.68. The van der Waals surface area contributed by atoms with Crippen molar-refractivity contribution in [1.29, 1.82) is 5.26 Å². The molecule has 0 radical (unpaired) electrons. The summed E-state index contributed by atoms with van der Waals surface area (Å²) in [7, 11) is -4.32. The van der Waals surface area contributed by atoms with E-state index >= 15 is 0 Å². The van der Waals surface area contributed by atoms with E-state index in [1.165, 1.54) is 12.1 Å². The van der Waals surface area contributed by atoms with Crippen LogP contribution >= 0.6 is 11.6 Å². The van der Waals surface area contributed by atoms with E-state index in [-0.39, 0.29) is 20.6 Å². The van der Waals surface area contributed by atoms with Crippen molar-refractivity contribution in [2.45, 2.75) is 17.5 Å². The lowest BCUT2D eigenvalue weighted by Crippen LogP contribution is -2.39. The number of hydrogen-bond acceptors (Lipinski definition) is 3. The topological polar surface area (TPSA) is 61.2 Å². The Morgan fingerprint density at radius 1 is 1.25 bits per heavy atom. The Bertz CT molecular complexity index is 594. The molecule has 20 heavy (non-hydrogen) atoms. The zero-order valence-electron chi connectivity index (χ0n) is 10.1. The number of benzene rings is 1. The molecule has 0 aliphatic carbocycles. The van der Waals surface area contributed by atoms with Gasteiger partial charge in [0.2, 0.25) is 10.0 Å². The van der Waals surface area contributed by atoms with E-state index in [9.17, 15) is 21.6 Å². The smallest absolute Gasteiger partial charge is 0.207 e. The molecule has 9 heteroatoms. The molecule has 1 rings (SSSR count). The minimum absolute atomic E-state index is 0.236. The summed E-state index contributed by atoms with van der Waals surface area (Å²) in [6, 6.07) is 6.40. The molecule has 0 atom stereocenters. The fraction of sp³-hybridized carbons (Fsp3) is 0.364. The van der Waals surface area contributed by atoms with Gasteiger partial charge in [0.1, 0.15) is 6.54 Å². The largest absolute Gasteiger partial charge is 0.402 e. The molecule has 0 unspecified atom stereocenters. The maximum Gasteiger partial charge on any atom is 0.402 e. The number of sulfonamides is 1. The van der Waals surface area contributed by atoms with Crippen molar-refractivity contribution in [3.05, 3.63) is 29.3 Å². The summed E-state index contributed by atoms with van der Waals surface area (Å²) in [5.41, 5.74) is 0. The van der Waals surface area contributed by atoms with Gasteiger partial charge in [0, 0.05) is 18.0 Å². The summed E-state index contributed by atoms with van der Waals surface area (Å²) in [6.07, 6.45) is -5.02. The van der Waals surface area contributed by atoms with Crippen LogP contribution in [0.2, 0.25) is 5.02 Å². The second-order valence-corrected chi connectivity index (χ2v) is 6.19. The Kier molecular flexibility index (Phi) is 5.39. The molecule has 1 aromatic rings. The average molecular weight is 327 g/mol. The number of nitriles is 1. The van der Waals surface area contributed by atoms with Gasteiger partial charge >= 0.3 is 6.18 Å². The maximum atomic E-state index is 12.4. The van der Waals surface area contributed by atoms with Crippen LogP contribution < -0.4 is 0 Å². The summed E-state index contributed by atoms with van der Waals surface area (Å²) in [5.74, 6) is 0. The van der Waals surface area contributed by atoms with Gasteiger partial charge in [0.25, 0.3) is 0 Å². The van der Waals surface area contributed by atoms with Crippen molar-refractivity contribution in [1.82, 2.24) is 4.31 Å². The van der Waals surface area contributed by atoms with Crippen molar-refractivity contribution >= 4 is 21.6 Å². The van der Waals surface area contributed by atoms with Crippen molar-refractivity contribution in [3.8, 4) is 6.07 Å². The molecular formula is C11H10ClF3N2O2S. The molecular weight excluding hydrogens is 317 g/mol. The number of hydrogen-bond donors (Lipinski definition) is 0. The molecule has 0 fully saturated rings. The van der Waals surface area contributed by atoms with E-state index in [2.05, 4.69) is 0 Å². The van der Waals surface area contributed by atoms with Crippen molar-refractivity contribution in [2.24, 2.45) is 0 Å². The quantitative estimate of drug-likeness (QED) is 0.836. The molecule has 0 aliphatic heterocycles. The third kappa shape index (κ3) is 4.67. The second-order valence-electron chi connectivity index (χ2n) is 3.82. The van der Waals surface area contributed by atoms with Gasteiger partial charge in [-0.2, -0.15) is 22.7 Å². The highest BCUT2D eigenvalue weighted by Gasteiger charge is 2.36. The van der Waals surface area contributed by atoms with Crippen LogP contribution in [0, 0.1) is 11.3 Å². The lowest BCUT2D eigenvalue weighted by molar-refractivity contribution is -0.136. The first-order valence-corrected chi connectivity index (χ1v) is 7.18. The Morgan fingerprint density at radius 3 is 2.25 bits per heavy atom. The molecule has 0 saturated heterocycles. The van der Waals surface area contributed by atoms with Crippen LogP contribution in [0.25, 0.3) is 0 Å². The fourth-order valence-corrected chi connectivity index (χ4v) is 2.97. The van der Waals surface area contributed by atoms with Crippen LogP contribution in [-0.4, -0.2) is 32.0 Å². The van der Waals surface area contributed by atoms with Gasteiger partial charge in [0.15, 0.2) is 0 Å². The first kappa shape index (κ1) is 16.8. The van der Waals surface area contributed by atoms with Gasteiger partial charge in [-0.25, -0.2) is 8.42 Å². The highest BCUT2D eigenvalue weighted by atomic mass is 35.5. The lowest BCUT2D eigenvalue weighted by atomic mass is 10.4. The number of rotatable bonds is 5. The number of alkyl halides is 3. The molecule has 1 aromatic carbocycles. The lowest BCUT2D eigenvalue weighted by Gasteiger charge is -2.22. The van der Waals surface area contributed by atoms with Crippen molar-refractivity contribution in [2.75, 3.05) is 13.1 Å². The van der Waals surface area contributed by atoms with Crippen LogP contribution in [0.15, 0.2) is 29.2 Å². The minimum atomic E-state index is -4.69. The molecule has 0 aliphatic rings. The van der Waals surface area contributed by atoms with Crippen LogP contribution in [0.1, 0.15) is 6.42 Å². The summed E-state index contributed by atoms with van der Waals surface area (Å²) in [4.78, 5) is -0.302. The predicted octanol–water partition coefficient (Wildman–Crippen LogP) is 2.81. The highest BCUT2D eigenvalue weighted by Crippen LogP contribution is 2.23. The molecule has 0 saturated carbocycles. The summed E-state index contributed by atoms with van der Waals surface area (Å²) >= 11 is 5.60. The number of nitrogens with zero attached hydrogens (tertiary/aromatic N) is 2. The van der Waals surface area contributed by atoms with Gasteiger partial charge in [-0.1, -0.05) is 11.6 Å². The van der Waals surface area contributed by atoms with Gasteiger partial charge < -0.3 is 0 Å². The number of halogens is 4. The molecule has 0 heterocycles. The molecule has 110 valence electrons. The van der Waals surface area contributed by atoms with Crippen LogP contribution in [-0.2, 0) is 10.0 Å². The first-order chi connectivity index (χ1) is 9.16. The first-order valence-electron chi connectivity index (χ1n) is 5.36. The van der Waals surface area contributed by atoms with E-state index in [0.29, 0.717) is 0 Å². The summed E-state index contributed by atoms with van der Waals surface area (Å²) < 4.78 is 61.7. The molecule has 0 N–H and O–H groups in total. The van der Waals surface area contributed by atoms with E-state index < -0.39 is 29.3 Å². The van der Waals surface area contributed by atoms with Gasteiger partial charge in [-0.15, -0.1) is 0 Å². The zero-order valence-corrected chi connectivity index (χ0v) is 11.6. The third-order valence-electron chi connectivity index (χ3n) is 2.28. The Balaban J connectivity index is 3.10. The molecule has 0 spiro atoms. The van der Waals surface area contributed by atoms with Crippen LogP contribution in [0.5, 0.6) is 0 Å². The Hall–Kier alpha value is -1.30. The average Bonchev–Trinajstić information content (AvgIpc) is 2.33. The van der Waals surface area contributed by atoms with E-state index in [4.69, 9.17) is 16.9 Å². The zero-order chi connectivity index (χ0) is 15.4. The van der Waals surface area contributed by atoms with Crippen LogP contribution in [0.4, 0.5) is 13.2 Å². The maximum absolute atomic E-state index is 12.4. The highest BCUT2D eigenvalue weighted by molar-refractivity contribution is 7.89. The van der Waals surface area contributed by atoms with Gasteiger partial charge in [-0.05, 0) is 24.3 Å².